The highest BCUT2D eigenvalue weighted by Crippen LogP contribution is 2.18. The Hall–Kier alpha value is -2.28. The second-order valence-electron chi connectivity index (χ2n) is 6.72. The van der Waals surface area contributed by atoms with Gasteiger partial charge in [0, 0.05) is 52.5 Å². The highest BCUT2D eigenvalue weighted by atomic mass is 16.5. The van der Waals surface area contributed by atoms with Crippen LogP contribution in [-0.2, 0) is 4.74 Å². The maximum atomic E-state index is 12.1. The summed E-state index contributed by atoms with van der Waals surface area (Å²) in [5.41, 5.74) is 0.619. The molecule has 1 heterocycles. The molecule has 1 aromatic carbocycles. The third kappa shape index (κ3) is 7.09. The van der Waals surface area contributed by atoms with E-state index in [4.69, 9.17) is 9.47 Å². The topological polar surface area (TPSA) is 75.2 Å². The van der Waals surface area contributed by atoms with Gasteiger partial charge >= 0.3 is 0 Å². The number of nitrogens with one attached hydrogen (secondary N) is 2. The van der Waals surface area contributed by atoms with Gasteiger partial charge in [0.1, 0.15) is 5.75 Å². The van der Waals surface area contributed by atoms with E-state index in [9.17, 15) is 4.79 Å². The molecule has 0 spiro atoms. The smallest absolute Gasteiger partial charge is 0.251 e. The van der Waals surface area contributed by atoms with E-state index in [1.165, 1.54) is 0 Å². The summed E-state index contributed by atoms with van der Waals surface area (Å²) in [4.78, 5) is 18.6. The predicted molar refractivity (Wildman–Crippen MR) is 107 cm³/mol. The number of aliphatic imine (C=N–C) groups is 1. The van der Waals surface area contributed by atoms with Crippen molar-refractivity contribution in [2.45, 2.75) is 19.3 Å². The normalized spacial score (nSPS) is 15.3. The number of rotatable bonds is 8. The lowest BCUT2D eigenvalue weighted by molar-refractivity contribution is 0.0625. The van der Waals surface area contributed by atoms with E-state index in [1.54, 1.807) is 38.4 Å². The standard InChI is InChI=1S/C20H32N4O3/c1-21-20(24(2)13-8-16-9-14-27-15-10-16)23-12-11-22-19(25)17-4-6-18(26-3)7-5-17/h4-7,16H,8-15H2,1-3H3,(H,21,23)(H,22,25). The molecule has 0 atom stereocenters. The number of carbonyl (C=O) groups is 1. The fourth-order valence-electron chi connectivity index (χ4n) is 3.10. The molecule has 0 saturated carbocycles. The van der Waals surface area contributed by atoms with E-state index >= 15 is 0 Å². The van der Waals surface area contributed by atoms with Crippen molar-refractivity contribution in [3.8, 4) is 5.75 Å². The van der Waals surface area contributed by atoms with Gasteiger partial charge in [0.05, 0.1) is 7.11 Å². The molecule has 0 radical (unpaired) electrons. The average molecular weight is 377 g/mol. The van der Waals surface area contributed by atoms with Crippen molar-refractivity contribution in [2.75, 3.05) is 54.1 Å². The lowest BCUT2D eigenvalue weighted by atomic mass is 9.96. The Balaban J connectivity index is 1.66. The third-order valence-corrected chi connectivity index (χ3v) is 4.83. The first-order chi connectivity index (χ1) is 13.1. The number of methoxy groups -OCH3 is 1. The van der Waals surface area contributed by atoms with Gasteiger partial charge in [0.15, 0.2) is 5.96 Å². The SMILES string of the molecule is CN=C(NCCNC(=O)c1ccc(OC)cc1)N(C)CCC1CCOCC1. The Bertz CT molecular complexity index is 598. The molecular formula is C20H32N4O3. The summed E-state index contributed by atoms with van der Waals surface area (Å²) in [5, 5.41) is 6.21. The number of hydrogen-bond acceptors (Lipinski definition) is 4. The van der Waals surface area contributed by atoms with Crippen LogP contribution in [0.2, 0.25) is 0 Å². The zero-order chi connectivity index (χ0) is 19.5. The van der Waals surface area contributed by atoms with Crippen LogP contribution in [0.5, 0.6) is 5.75 Å². The quantitative estimate of drug-likeness (QED) is 0.411. The summed E-state index contributed by atoms with van der Waals surface area (Å²) < 4.78 is 10.5. The molecule has 1 aliphatic rings. The first kappa shape index (κ1) is 21.0. The van der Waals surface area contributed by atoms with Gasteiger partial charge in [-0.2, -0.15) is 0 Å². The monoisotopic (exact) mass is 376 g/mol. The lowest BCUT2D eigenvalue weighted by Gasteiger charge is -2.26. The fourth-order valence-corrected chi connectivity index (χ4v) is 3.10. The minimum absolute atomic E-state index is 0.0951. The van der Waals surface area contributed by atoms with Crippen LogP contribution in [0, 0.1) is 5.92 Å². The van der Waals surface area contributed by atoms with Crippen LogP contribution in [0.3, 0.4) is 0 Å². The molecule has 1 aromatic rings. The number of hydrogen-bond donors (Lipinski definition) is 2. The zero-order valence-electron chi connectivity index (χ0n) is 16.7. The molecule has 0 unspecified atom stereocenters. The van der Waals surface area contributed by atoms with Crippen LogP contribution in [0.4, 0.5) is 0 Å². The molecule has 1 aliphatic heterocycles. The minimum atomic E-state index is -0.0951. The second kappa shape index (κ2) is 11.4. The third-order valence-electron chi connectivity index (χ3n) is 4.83. The highest BCUT2D eigenvalue weighted by molar-refractivity contribution is 5.94. The maximum Gasteiger partial charge on any atom is 0.251 e. The van der Waals surface area contributed by atoms with Crippen LogP contribution >= 0.6 is 0 Å². The van der Waals surface area contributed by atoms with Crippen molar-refractivity contribution < 1.29 is 14.3 Å². The molecule has 0 bridgehead atoms. The van der Waals surface area contributed by atoms with Gasteiger partial charge in [0.2, 0.25) is 0 Å². The first-order valence-corrected chi connectivity index (χ1v) is 9.55. The molecule has 0 aromatic heterocycles. The molecule has 0 aliphatic carbocycles. The summed E-state index contributed by atoms with van der Waals surface area (Å²) in [5.74, 6) is 2.23. The zero-order valence-corrected chi connectivity index (χ0v) is 16.7. The van der Waals surface area contributed by atoms with E-state index in [0.717, 1.165) is 56.6 Å². The van der Waals surface area contributed by atoms with Gasteiger partial charge in [-0.25, -0.2) is 0 Å². The number of guanidine groups is 1. The number of ether oxygens (including phenoxy) is 2. The fraction of sp³-hybridized carbons (Fsp3) is 0.600. The molecule has 150 valence electrons. The first-order valence-electron chi connectivity index (χ1n) is 9.55. The molecule has 1 saturated heterocycles. The number of amides is 1. The summed E-state index contributed by atoms with van der Waals surface area (Å²) >= 11 is 0. The summed E-state index contributed by atoms with van der Waals surface area (Å²) in [6.45, 7) is 3.88. The van der Waals surface area contributed by atoms with Crippen molar-refractivity contribution in [1.82, 2.24) is 15.5 Å². The molecule has 2 rings (SSSR count). The van der Waals surface area contributed by atoms with Crippen molar-refractivity contribution in [2.24, 2.45) is 10.9 Å². The molecule has 7 heteroatoms. The molecule has 2 N–H and O–H groups in total. The number of nitrogens with zero attached hydrogens (tertiary/aromatic N) is 2. The van der Waals surface area contributed by atoms with Crippen molar-refractivity contribution in [1.29, 1.82) is 0 Å². The molecule has 1 fully saturated rings. The number of carbonyl (C=O) groups excluding carboxylic acids is 1. The van der Waals surface area contributed by atoms with Crippen LogP contribution in [0.1, 0.15) is 29.6 Å². The van der Waals surface area contributed by atoms with Gasteiger partial charge in [-0.15, -0.1) is 0 Å². The Morgan fingerprint density at radius 1 is 1.22 bits per heavy atom. The van der Waals surface area contributed by atoms with E-state index in [-0.39, 0.29) is 5.91 Å². The van der Waals surface area contributed by atoms with E-state index in [1.807, 2.05) is 7.05 Å². The van der Waals surface area contributed by atoms with E-state index < -0.39 is 0 Å². The second-order valence-corrected chi connectivity index (χ2v) is 6.72. The molecular weight excluding hydrogens is 344 g/mol. The van der Waals surface area contributed by atoms with Gasteiger partial charge < -0.3 is 25.0 Å². The largest absolute Gasteiger partial charge is 0.497 e. The number of benzene rings is 1. The van der Waals surface area contributed by atoms with Crippen molar-refractivity contribution in [3.05, 3.63) is 29.8 Å². The molecule has 27 heavy (non-hydrogen) atoms. The van der Waals surface area contributed by atoms with Crippen LogP contribution in [0.15, 0.2) is 29.3 Å². The summed E-state index contributed by atoms with van der Waals surface area (Å²) in [7, 11) is 5.43. The molecule has 7 nitrogen and oxygen atoms in total. The van der Waals surface area contributed by atoms with E-state index in [2.05, 4.69) is 20.5 Å². The van der Waals surface area contributed by atoms with Crippen LogP contribution in [-0.4, -0.2) is 70.8 Å². The minimum Gasteiger partial charge on any atom is -0.497 e. The van der Waals surface area contributed by atoms with Crippen molar-refractivity contribution >= 4 is 11.9 Å². The van der Waals surface area contributed by atoms with E-state index in [0.29, 0.717) is 18.7 Å². The highest BCUT2D eigenvalue weighted by Gasteiger charge is 2.15. The van der Waals surface area contributed by atoms with Crippen LogP contribution < -0.4 is 15.4 Å². The van der Waals surface area contributed by atoms with Crippen LogP contribution in [0.25, 0.3) is 0 Å². The van der Waals surface area contributed by atoms with Gasteiger partial charge in [0.25, 0.3) is 5.91 Å². The van der Waals surface area contributed by atoms with Gasteiger partial charge in [-0.1, -0.05) is 0 Å². The Morgan fingerprint density at radius 3 is 2.52 bits per heavy atom. The van der Waals surface area contributed by atoms with Gasteiger partial charge in [-0.05, 0) is 49.4 Å². The summed E-state index contributed by atoms with van der Waals surface area (Å²) in [6, 6.07) is 7.07. The molecule has 1 amide bonds. The predicted octanol–water partition coefficient (Wildman–Crippen LogP) is 1.75. The Morgan fingerprint density at radius 2 is 1.89 bits per heavy atom. The Kier molecular flexibility index (Phi) is 8.91. The van der Waals surface area contributed by atoms with Crippen molar-refractivity contribution in [3.63, 3.8) is 0 Å². The maximum absolute atomic E-state index is 12.1. The Labute approximate surface area is 162 Å². The van der Waals surface area contributed by atoms with Gasteiger partial charge in [-0.3, -0.25) is 9.79 Å². The average Bonchev–Trinajstić information content (AvgIpc) is 2.72. The summed E-state index contributed by atoms with van der Waals surface area (Å²) in [6.07, 6.45) is 3.45. The lowest BCUT2D eigenvalue weighted by Crippen LogP contribution is -2.43.